The number of esters is 1. The van der Waals surface area contributed by atoms with Crippen molar-refractivity contribution in [3.05, 3.63) is 35.4 Å². The average molecular weight is 382 g/mol. The number of rotatable bonds is 7. The van der Waals surface area contributed by atoms with Crippen LogP contribution in [-0.4, -0.2) is 12.1 Å². The van der Waals surface area contributed by atoms with E-state index in [1.807, 2.05) is 0 Å². The van der Waals surface area contributed by atoms with Gasteiger partial charge in [-0.15, -0.1) is 0 Å². The van der Waals surface area contributed by atoms with Gasteiger partial charge in [-0.3, -0.25) is 0 Å². The van der Waals surface area contributed by atoms with Gasteiger partial charge in [0.1, 0.15) is 6.10 Å². The molecule has 0 saturated heterocycles. The Morgan fingerprint density at radius 3 is 2.14 bits per heavy atom. The van der Waals surface area contributed by atoms with Crippen molar-refractivity contribution >= 4 is 5.97 Å². The van der Waals surface area contributed by atoms with Crippen LogP contribution in [0, 0.1) is 29.1 Å². The standard InChI is InChI=1S/C25H35NO2/c1-2-3-4-5-19-6-10-21(11-7-19)22-14-16-24(17-15-22)28-25(27)23-12-8-20(18-26)9-13-23/h8-9,12-13,19,21-22,24H,2-7,10-11,14-17H2,1H3/t19-,21-,22-,24-. The van der Waals surface area contributed by atoms with Crippen molar-refractivity contribution in [1.82, 2.24) is 0 Å². The van der Waals surface area contributed by atoms with Crippen LogP contribution >= 0.6 is 0 Å². The molecule has 0 aliphatic heterocycles. The first-order valence-electron chi connectivity index (χ1n) is 11.4. The van der Waals surface area contributed by atoms with Crippen LogP contribution in [0.15, 0.2) is 24.3 Å². The first-order valence-corrected chi connectivity index (χ1v) is 11.4. The monoisotopic (exact) mass is 381 g/mol. The maximum absolute atomic E-state index is 12.3. The summed E-state index contributed by atoms with van der Waals surface area (Å²) in [5, 5.41) is 8.86. The van der Waals surface area contributed by atoms with Crippen LogP contribution in [0.2, 0.25) is 0 Å². The number of nitrogens with zero attached hydrogens (tertiary/aromatic N) is 1. The number of nitriles is 1. The summed E-state index contributed by atoms with van der Waals surface area (Å²) in [5.74, 6) is 2.46. The molecule has 0 atom stereocenters. The Bertz CT molecular complexity index is 644. The van der Waals surface area contributed by atoms with Gasteiger partial charge in [0, 0.05) is 0 Å². The van der Waals surface area contributed by atoms with Crippen LogP contribution < -0.4 is 0 Å². The van der Waals surface area contributed by atoms with Gasteiger partial charge in [-0.2, -0.15) is 5.26 Å². The Labute approximate surface area is 170 Å². The third-order valence-electron chi connectivity index (χ3n) is 7.02. The summed E-state index contributed by atoms with van der Waals surface area (Å²) in [6, 6.07) is 8.79. The van der Waals surface area contributed by atoms with Gasteiger partial charge in [0.15, 0.2) is 0 Å². The fraction of sp³-hybridized carbons (Fsp3) is 0.680. The smallest absolute Gasteiger partial charge is 0.338 e. The summed E-state index contributed by atoms with van der Waals surface area (Å²) in [5.41, 5.74) is 1.11. The van der Waals surface area contributed by atoms with E-state index in [0.717, 1.165) is 30.6 Å². The van der Waals surface area contributed by atoms with E-state index in [9.17, 15) is 4.79 Å². The highest BCUT2D eigenvalue weighted by molar-refractivity contribution is 5.89. The molecule has 0 spiro atoms. The van der Waals surface area contributed by atoms with Gasteiger partial charge in [-0.1, -0.05) is 45.4 Å². The van der Waals surface area contributed by atoms with E-state index in [1.165, 1.54) is 64.2 Å². The fourth-order valence-corrected chi connectivity index (χ4v) is 5.21. The summed E-state index contributed by atoms with van der Waals surface area (Å²) in [6.45, 7) is 2.29. The number of carbonyl (C=O) groups excluding carboxylic acids is 1. The number of hydrogen-bond donors (Lipinski definition) is 0. The second kappa shape index (κ2) is 10.6. The van der Waals surface area contributed by atoms with Crippen LogP contribution in [0.3, 0.4) is 0 Å². The quantitative estimate of drug-likeness (QED) is 0.392. The van der Waals surface area contributed by atoms with Crippen molar-refractivity contribution < 1.29 is 9.53 Å². The molecule has 1 aromatic carbocycles. The van der Waals surface area contributed by atoms with Gasteiger partial charge < -0.3 is 4.74 Å². The molecule has 152 valence electrons. The van der Waals surface area contributed by atoms with Crippen molar-refractivity contribution in [1.29, 1.82) is 5.26 Å². The minimum absolute atomic E-state index is 0.0600. The molecule has 3 rings (SSSR count). The van der Waals surface area contributed by atoms with Crippen molar-refractivity contribution in [2.24, 2.45) is 17.8 Å². The summed E-state index contributed by atoms with van der Waals surface area (Å²) >= 11 is 0. The molecule has 2 aliphatic carbocycles. The molecule has 28 heavy (non-hydrogen) atoms. The van der Waals surface area contributed by atoms with E-state index in [4.69, 9.17) is 10.00 Å². The van der Waals surface area contributed by atoms with Crippen molar-refractivity contribution in [3.63, 3.8) is 0 Å². The number of unbranched alkanes of at least 4 members (excludes halogenated alkanes) is 2. The zero-order valence-corrected chi connectivity index (χ0v) is 17.4. The Hall–Kier alpha value is -1.82. The molecular weight excluding hydrogens is 346 g/mol. The normalized spacial score (nSPS) is 27.7. The molecule has 3 heteroatoms. The number of carbonyl (C=O) groups is 1. The first kappa shape index (κ1) is 20.9. The lowest BCUT2D eigenvalue weighted by atomic mass is 9.70. The Morgan fingerprint density at radius 2 is 1.57 bits per heavy atom. The fourth-order valence-electron chi connectivity index (χ4n) is 5.21. The molecule has 0 amide bonds. The minimum atomic E-state index is -0.250. The van der Waals surface area contributed by atoms with E-state index < -0.39 is 0 Å². The van der Waals surface area contributed by atoms with Gasteiger partial charge in [0.05, 0.1) is 17.2 Å². The molecule has 2 saturated carbocycles. The zero-order chi connectivity index (χ0) is 19.8. The van der Waals surface area contributed by atoms with E-state index in [-0.39, 0.29) is 12.1 Å². The maximum atomic E-state index is 12.3. The Balaban J connectivity index is 1.37. The van der Waals surface area contributed by atoms with Gasteiger partial charge in [-0.25, -0.2) is 4.79 Å². The van der Waals surface area contributed by atoms with E-state index >= 15 is 0 Å². The molecule has 0 aromatic heterocycles. The number of benzene rings is 1. The largest absolute Gasteiger partial charge is 0.459 e. The molecule has 3 nitrogen and oxygen atoms in total. The minimum Gasteiger partial charge on any atom is -0.459 e. The molecule has 0 N–H and O–H groups in total. The first-order chi connectivity index (χ1) is 13.7. The Kier molecular flexibility index (Phi) is 7.95. The lowest BCUT2D eigenvalue weighted by Gasteiger charge is -2.37. The van der Waals surface area contributed by atoms with Crippen LogP contribution in [0.1, 0.15) is 99.9 Å². The molecule has 0 unspecified atom stereocenters. The van der Waals surface area contributed by atoms with Crippen LogP contribution in [0.25, 0.3) is 0 Å². The third kappa shape index (κ3) is 5.84. The molecule has 2 fully saturated rings. The highest BCUT2D eigenvalue weighted by Crippen LogP contribution is 2.41. The second-order valence-electron chi connectivity index (χ2n) is 8.91. The average Bonchev–Trinajstić information content (AvgIpc) is 2.75. The lowest BCUT2D eigenvalue weighted by molar-refractivity contribution is 0.0109. The summed E-state index contributed by atoms with van der Waals surface area (Å²) in [7, 11) is 0. The molecule has 0 bridgehead atoms. The van der Waals surface area contributed by atoms with Gasteiger partial charge in [-0.05, 0) is 80.5 Å². The van der Waals surface area contributed by atoms with Crippen LogP contribution in [0.5, 0.6) is 0 Å². The highest BCUT2D eigenvalue weighted by Gasteiger charge is 2.31. The van der Waals surface area contributed by atoms with Gasteiger partial charge in [0.25, 0.3) is 0 Å². The molecule has 2 aliphatic rings. The summed E-state index contributed by atoms with van der Waals surface area (Å²) in [4.78, 5) is 12.3. The summed E-state index contributed by atoms with van der Waals surface area (Å²) in [6.07, 6.45) is 15.8. The maximum Gasteiger partial charge on any atom is 0.338 e. The van der Waals surface area contributed by atoms with Gasteiger partial charge in [0.2, 0.25) is 0 Å². The topological polar surface area (TPSA) is 50.1 Å². The third-order valence-corrected chi connectivity index (χ3v) is 7.02. The summed E-state index contributed by atoms with van der Waals surface area (Å²) < 4.78 is 5.74. The highest BCUT2D eigenvalue weighted by atomic mass is 16.5. The molecule has 0 radical (unpaired) electrons. The predicted molar refractivity (Wildman–Crippen MR) is 112 cm³/mol. The molecule has 0 heterocycles. The number of ether oxygens (including phenoxy) is 1. The Morgan fingerprint density at radius 1 is 0.964 bits per heavy atom. The SMILES string of the molecule is CCCCC[C@H]1CC[C@H]([C@H]2CC[C@H](OC(=O)c3ccc(C#N)cc3)CC2)CC1. The van der Waals surface area contributed by atoms with E-state index in [2.05, 4.69) is 13.0 Å². The van der Waals surface area contributed by atoms with Crippen LogP contribution in [-0.2, 0) is 4.74 Å². The van der Waals surface area contributed by atoms with Crippen LogP contribution in [0.4, 0.5) is 0 Å². The lowest BCUT2D eigenvalue weighted by Crippen LogP contribution is -2.29. The number of hydrogen-bond acceptors (Lipinski definition) is 3. The molecular formula is C25H35NO2. The second-order valence-corrected chi connectivity index (χ2v) is 8.91. The van der Waals surface area contributed by atoms with Crippen molar-refractivity contribution in [2.75, 3.05) is 0 Å². The predicted octanol–water partition coefficient (Wildman–Crippen LogP) is 6.66. The van der Waals surface area contributed by atoms with E-state index in [1.54, 1.807) is 24.3 Å². The van der Waals surface area contributed by atoms with Crippen molar-refractivity contribution in [3.8, 4) is 6.07 Å². The zero-order valence-electron chi connectivity index (χ0n) is 17.4. The van der Waals surface area contributed by atoms with Gasteiger partial charge >= 0.3 is 5.97 Å². The van der Waals surface area contributed by atoms with E-state index in [0.29, 0.717) is 11.1 Å². The molecule has 1 aromatic rings. The van der Waals surface area contributed by atoms with Crippen molar-refractivity contribution in [2.45, 2.75) is 90.1 Å².